The Morgan fingerprint density at radius 1 is 1.00 bits per heavy atom. The Morgan fingerprint density at radius 3 is 1.86 bits per heavy atom. The Kier molecular flexibility index (Phi) is 3.86. The van der Waals surface area contributed by atoms with Crippen LogP contribution in [0.2, 0.25) is 0 Å². The molecule has 2 atom stereocenters. The van der Waals surface area contributed by atoms with Crippen molar-refractivity contribution in [1.29, 1.82) is 0 Å². The second-order valence-electron chi connectivity index (χ2n) is 4.35. The summed E-state index contributed by atoms with van der Waals surface area (Å²) in [4.78, 5) is 22.9. The number of hydrogen-bond donors (Lipinski definition) is 2. The third-order valence-electron chi connectivity index (χ3n) is 3.25. The topological polar surface area (TPSA) is 113 Å². The van der Waals surface area contributed by atoms with Crippen molar-refractivity contribution in [2.24, 2.45) is 0 Å². The SMILES string of the molecule is CN1[C@H](c2nnc(NC=O)s2)C[C@H]1c1nnc(NC=O)s1. The third-order valence-corrected chi connectivity index (χ3v) is 5.16. The van der Waals surface area contributed by atoms with Gasteiger partial charge in [0.2, 0.25) is 23.1 Å². The predicted octanol–water partition coefficient (Wildman–Crippen LogP) is 0.644. The van der Waals surface area contributed by atoms with Gasteiger partial charge in [0.05, 0.1) is 12.1 Å². The van der Waals surface area contributed by atoms with Gasteiger partial charge < -0.3 is 10.6 Å². The summed E-state index contributed by atoms with van der Waals surface area (Å²) in [6.07, 6.45) is 2.02. The molecule has 2 amide bonds. The lowest BCUT2D eigenvalue weighted by atomic mass is 9.95. The van der Waals surface area contributed by atoms with E-state index in [1.165, 1.54) is 22.7 Å². The minimum absolute atomic E-state index is 0.154. The van der Waals surface area contributed by atoms with Crippen molar-refractivity contribution >= 4 is 45.8 Å². The van der Waals surface area contributed by atoms with Crippen LogP contribution in [0.5, 0.6) is 0 Å². The van der Waals surface area contributed by atoms with Gasteiger partial charge in [-0.3, -0.25) is 14.5 Å². The fourth-order valence-corrected chi connectivity index (χ4v) is 3.86. The van der Waals surface area contributed by atoms with Gasteiger partial charge in [0, 0.05) is 0 Å². The minimum atomic E-state index is 0.154. The molecule has 3 heterocycles. The highest BCUT2D eigenvalue weighted by atomic mass is 32.1. The lowest BCUT2D eigenvalue weighted by Gasteiger charge is -2.43. The average molecular weight is 325 g/mol. The molecule has 0 unspecified atom stereocenters. The van der Waals surface area contributed by atoms with E-state index < -0.39 is 0 Å². The molecule has 0 bridgehead atoms. The van der Waals surface area contributed by atoms with Crippen LogP contribution in [0.25, 0.3) is 0 Å². The van der Waals surface area contributed by atoms with Crippen LogP contribution in [0.1, 0.15) is 28.5 Å². The van der Waals surface area contributed by atoms with Crippen LogP contribution in [0.4, 0.5) is 10.3 Å². The largest absolute Gasteiger partial charge is 0.303 e. The molecule has 2 aromatic heterocycles. The number of hydrogen-bond acceptors (Lipinski definition) is 9. The van der Waals surface area contributed by atoms with Crippen molar-refractivity contribution < 1.29 is 9.59 Å². The van der Waals surface area contributed by atoms with Crippen LogP contribution in [0, 0.1) is 0 Å². The predicted molar refractivity (Wildman–Crippen MR) is 77.1 cm³/mol. The molecule has 110 valence electrons. The van der Waals surface area contributed by atoms with E-state index in [1.807, 2.05) is 7.05 Å². The second kappa shape index (κ2) is 5.79. The Bertz CT molecular complexity index is 603. The molecule has 1 aliphatic rings. The zero-order chi connectivity index (χ0) is 14.8. The molecule has 2 N–H and O–H groups in total. The van der Waals surface area contributed by atoms with Gasteiger partial charge in [-0.25, -0.2) is 0 Å². The molecule has 0 spiro atoms. The van der Waals surface area contributed by atoms with Crippen LogP contribution >= 0.6 is 22.7 Å². The first kappa shape index (κ1) is 14.0. The smallest absolute Gasteiger partial charge is 0.213 e. The number of amides is 2. The highest BCUT2D eigenvalue weighted by Crippen LogP contribution is 2.48. The molecule has 21 heavy (non-hydrogen) atoms. The summed E-state index contributed by atoms with van der Waals surface area (Å²) >= 11 is 2.72. The normalized spacial score (nSPS) is 21.6. The second-order valence-corrected chi connectivity index (χ2v) is 6.37. The Balaban J connectivity index is 1.67. The summed E-state index contributed by atoms with van der Waals surface area (Å²) in [6.45, 7) is 0. The Labute approximate surface area is 127 Å². The third kappa shape index (κ3) is 2.62. The Hall–Kier alpha value is -1.98. The quantitative estimate of drug-likeness (QED) is 0.749. The van der Waals surface area contributed by atoms with Crippen molar-refractivity contribution in [3.8, 4) is 0 Å². The van der Waals surface area contributed by atoms with Crippen LogP contribution in [0.15, 0.2) is 0 Å². The van der Waals surface area contributed by atoms with Gasteiger partial charge in [-0.15, -0.1) is 20.4 Å². The Morgan fingerprint density at radius 2 is 1.48 bits per heavy atom. The van der Waals surface area contributed by atoms with Gasteiger partial charge in [0.25, 0.3) is 0 Å². The molecular formula is C10H11N7O2S2. The number of anilines is 2. The first-order chi connectivity index (χ1) is 10.2. The number of nitrogens with one attached hydrogen (secondary N) is 2. The van der Waals surface area contributed by atoms with E-state index in [2.05, 4.69) is 35.9 Å². The maximum atomic E-state index is 10.4. The van der Waals surface area contributed by atoms with Crippen LogP contribution in [-0.2, 0) is 9.59 Å². The van der Waals surface area contributed by atoms with Gasteiger partial charge in [-0.05, 0) is 13.5 Å². The average Bonchev–Trinajstić information content (AvgIpc) is 3.09. The summed E-state index contributed by atoms with van der Waals surface area (Å²) in [6, 6.07) is 0.308. The number of carbonyl (C=O) groups excluding carboxylic acids is 2. The monoisotopic (exact) mass is 325 g/mol. The first-order valence-corrected chi connectivity index (χ1v) is 7.65. The van der Waals surface area contributed by atoms with Crippen molar-refractivity contribution in [3.63, 3.8) is 0 Å². The van der Waals surface area contributed by atoms with E-state index in [4.69, 9.17) is 0 Å². The number of likely N-dealkylation sites (tertiary alicyclic amines) is 1. The highest BCUT2D eigenvalue weighted by molar-refractivity contribution is 7.15. The van der Waals surface area contributed by atoms with E-state index in [0.29, 0.717) is 23.1 Å². The molecule has 0 aliphatic carbocycles. The summed E-state index contributed by atoms with van der Waals surface area (Å²) in [5.74, 6) is 0. The maximum Gasteiger partial charge on any atom is 0.213 e. The van der Waals surface area contributed by atoms with Gasteiger partial charge in [0.15, 0.2) is 0 Å². The van der Waals surface area contributed by atoms with E-state index in [0.717, 1.165) is 16.4 Å². The molecule has 0 aromatic carbocycles. The molecule has 1 saturated heterocycles. The van der Waals surface area contributed by atoms with Crippen molar-refractivity contribution in [2.75, 3.05) is 17.7 Å². The summed E-state index contributed by atoms with van der Waals surface area (Å²) < 4.78 is 0. The van der Waals surface area contributed by atoms with Crippen molar-refractivity contribution in [1.82, 2.24) is 25.3 Å². The number of carbonyl (C=O) groups is 2. The van der Waals surface area contributed by atoms with Crippen molar-refractivity contribution in [3.05, 3.63) is 10.0 Å². The van der Waals surface area contributed by atoms with Crippen LogP contribution in [0.3, 0.4) is 0 Å². The van der Waals surface area contributed by atoms with Gasteiger partial charge in [0.1, 0.15) is 10.0 Å². The maximum absolute atomic E-state index is 10.4. The minimum Gasteiger partial charge on any atom is -0.303 e. The molecule has 1 aliphatic heterocycles. The highest BCUT2D eigenvalue weighted by Gasteiger charge is 2.41. The summed E-state index contributed by atoms with van der Waals surface area (Å²) in [5.41, 5.74) is 0. The molecule has 11 heteroatoms. The molecule has 0 radical (unpaired) electrons. The fraction of sp³-hybridized carbons (Fsp3) is 0.400. The number of aromatic nitrogens is 4. The van der Waals surface area contributed by atoms with Crippen molar-refractivity contribution in [2.45, 2.75) is 18.5 Å². The molecular weight excluding hydrogens is 314 g/mol. The van der Waals surface area contributed by atoms with E-state index in [9.17, 15) is 9.59 Å². The standard InChI is InChI=1S/C10H11N7O2S2/c1-17-5(7-13-15-9(20-7)11-3-18)2-6(17)8-14-16-10(21-8)12-4-19/h3-6H,2H2,1H3,(H,11,15,18)(H,12,16,19)/t5-,6-/m0/s1. The van der Waals surface area contributed by atoms with Crippen LogP contribution in [-0.4, -0.2) is 45.2 Å². The number of nitrogens with zero attached hydrogens (tertiary/aromatic N) is 5. The molecule has 1 fully saturated rings. The summed E-state index contributed by atoms with van der Waals surface area (Å²) in [7, 11) is 1.97. The molecule has 0 saturated carbocycles. The fourth-order valence-electron chi connectivity index (χ4n) is 2.13. The molecule has 9 nitrogen and oxygen atoms in total. The van der Waals surface area contributed by atoms with E-state index >= 15 is 0 Å². The lowest BCUT2D eigenvalue weighted by Crippen LogP contribution is -2.40. The van der Waals surface area contributed by atoms with E-state index in [-0.39, 0.29) is 12.1 Å². The molecule has 2 aromatic rings. The summed E-state index contributed by atoms with van der Waals surface area (Å²) in [5, 5.41) is 23.6. The lowest BCUT2D eigenvalue weighted by molar-refractivity contribution is -0.106. The zero-order valence-corrected chi connectivity index (χ0v) is 12.5. The number of rotatable bonds is 6. The van der Waals surface area contributed by atoms with Gasteiger partial charge in [-0.1, -0.05) is 22.7 Å². The molecule has 3 rings (SSSR count). The first-order valence-electron chi connectivity index (χ1n) is 6.02. The zero-order valence-electron chi connectivity index (χ0n) is 10.9. The van der Waals surface area contributed by atoms with Gasteiger partial charge in [-0.2, -0.15) is 0 Å². The van der Waals surface area contributed by atoms with E-state index in [1.54, 1.807) is 0 Å². The van der Waals surface area contributed by atoms with Gasteiger partial charge >= 0.3 is 0 Å². The van der Waals surface area contributed by atoms with Crippen LogP contribution < -0.4 is 10.6 Å².